The third-order valence-corrected chi connectivity index (χ3v) is 7.08. The summed E-state index contributed by atoms with van der Waals surface area (Å²) in [6, 6.07) is 14.8. The van der Waals surface area contributed by atoms with Gasteiger partial charge in [-0.05, 0) is 25.1 Å². The summed E-state index contributed by atoms with van der Waals surface area (Å²) in [5.41, 5.74) is 2.43. The van der Waals surface area contributed by atoms with Gasteiger partial charge in [-0.3, -0.25) is 4.79 Å². The minimum absolute atomic E-state index is 0.108. The van der Waals surface area contributed by atoms with Crippen LogP contribution in [0.15, 0.2) is 48.5 Å². The van der Waals surface area contributed by atoms with Crippen LogP contribution < -0.4 is 10.1 Å². The highest BCUT2D eigenvalue weighted by atomic mass is 32.2. The maximum atomic E-state index is 13.2. The molecule has 3 rings (SSSR count). The maximum Gasteiger partial charge on any atom is 0.254 e. The molecule has 2 aromatic rings. The van der Waals surface area contributed by atoms with Crippen LogP contribution in [0.25, 0.3) is 0 Å². The van der Waals surface area contributed by atoms with Gasteiger partial charge in [-0.15, -0.1) is 0 Å². The largest absolute Gasteiger partial charge is 0.496 e. The molecule has 1 aliphatic heterocycles. The number of nitrogens with one attached hydrogen (secondary N) is 1. The first-order valence-electron chi connectivity index (χ1n) is 10.1. The minimum Gasteiger partial charge on any atom is -0.496 e. The van der Waals surface area contributed by atoms with Crippen LogP contribution in [0.2, 0.25) is 0 Å². The van der Waals surface area contributed by atoms with Crippen molar-refractivity contribution in [1.29, 1.82) is 0 Å². The van der Waals surface area contributed by atoms with Crippen molar-refractivity contribution in [2.75, 3.05) is 45.6 Å². The van der Waals surface area contributed by atoms with E-state index in [-0.39, 0.29) is 24.7 Å². The number of piperazine rings is 1. The maximum absolute atomic E-state index is 13.2. The summed E-state index contributed by atoms with van der Waals surface area (Å²) >= 11 is 0. The van der Waals surface area contributed by atoms with Crippen molar-refractivity contribution >= 4 is 15.9 Å². The fourth-order valence-corrected chi connectivity index (χ4v) is 4.90. The van der Waals surface area contributed by atoms with Gasteiger partial charge in [0.25, 0.3) is 5.91 Å². The zero-order valence-electron chi connectivity index (χ0n) is 17.5. The van der Waals surface area contributed by atoms with E-state index in [0.29, 0.717) is 37.5 Å². The summed E-state index contributed by atoms with van der Waals surface area (Å²) in [5, 5.41) is 3.16. The number of methoxy groups -OCH3 is 1. The molecule has 7 nitrogen and oxygen atoms in total. The Balaban J connectivity index is 1.81. The van der Waals surface area contributed by atoms with Crippen molar-refractivity contribution in [2.24, 2.45) is 0 Å². The summed E-state index contributed by atoms with van der Waals surface area (Å²) in [4.78, 5) is 14.8. The molecule has 0 aliphatic carbocycles. The van der Waals surface area contributed by atoms with Gasteiger partial charge in [-0.25, -0.2) is 8.42 Å². The highest BCUT2D eigenvalue weighted by Crippen LogP contribution is 2.21. The summed E-state index contributed by atoms with van der Waals surface area (Å²) < 4.78 is 32.5. The quantitative estimate of drug-likeness (QED) is 0.691. The summed E-state index contributed by atoms with van der Waals surface area (Å²) in [7, 11) is -1.86. The number of hydrogen-bond donors (Lipinski definition) is 1. The predicted molar refractivity (Wildman–Crippen MR) is 117 cm³/mol. The Kier molecular flexibility index (Phi) is 7.47. The molecule has 0 saturated carbocycles. The zero-order chi connectivity index (χ0) is 21.6. The van der Waals surface area contributed by atoms with Crippen LogP contribution in [0.5, 0.6) is 5.75 Å². The van der Waals surface area contributed by atoms with E-state index in [2.05, 4.69) is 5.32 Å². The number of ether oxygens (including phenoxy) is 1. The van der Waals surface area contributed by atoms with E-state index in [0.717, 1.165) is 11.1 Å². The molecule has 0 aromatic heterocycles. The minimum atomic E-state index is -3.44. The molecule has 1 N–H and O–H groups in total. The lowest BCUT2D eigenvalue weighted by Crippen LogP contribution is -2.48. The average Bonchev–Trinajstić information content (AvgIpc) is 2.77. The molecule has 1 fully saturated rings. The van der Waals surface area contributed by atoms with Gasteiger partial charge in [0.05, 0.1) is 12.9 Å². The summed E-state index contributed by atoms with van der Waals surface area (Å²) in [6.07, 6.45) is 0. The van der Waals surface area contributed by atoms with Crippen LogP contribution in [0, 0.1) is 6.92 Å². The molecule has 0 unspecified atom stereocenters. The topological polar surface area (TPSA) is 79.0 Å². The standard InChI is InChI=1S/C22H29N3O4S/c1-18-7-9-19(10-8-18)22(26)24(17-20-5-3-4-6-21(20)29-2)15-16-30(27,28)25-13-11-23-12-14-25/h3-10,23H,11-17H2,1-2H3. The first-order chi connectivity index (χ1) is 14.4. The number of hydrogen-bond acceptors (Lipinski definition) is 5. The number of carbonyl (C=O) groups excluding carboxylic acids is 1. The number of sulfonamides is 1. The van der Waals surface area contributed by atoms with Crippen molar-refractivity contribution in [3.63, 3.8) is 0 Å². The monoisotopic (exact) mass is 431 g/mol. The van der Waals surface area contributed by atoms with Crippen LogP contribution in [-0.2, 0) is 16.6 Å². The first kappa shape index (κ1) is 22.3. The second kappa shape index (κ2) is 10.1. The van der Waals surface area contributed by atoms with Crippen LogP contribution in [0.3, 0.4) is 0 Å². The molecule has 0 atom stereocenters. The summed E-state index contributed by atoms with van der Waals surface area (Å²) in [6.45, 7) is 4.55. The average molecular weight is 432 g/mol. The number of carbonyl (C=O) groups is 1. The molecule has 0 spiro atoms. The van der Waals surface area contributed by atoms with E-state index in [4.69, 9.17) is 4.74 Å². The third-order valence-electron chi connectivity index (χ3n) is 5.23. The SMILES string of the molecule is COc1ccccc1CN(CCS(=O)(=O)N1CCNCC1)C(=O)c1ccc(C)cc1. The van der Waals surface area contributed by atoms with Crippen LogP contribution in [0.1, 0.15) is 21.5 Å². The number of rotatable bonds is 8. The fourth-order valence-electron chi connectivity index (χ4n) is 3.45. The molecular formula is C22H29N3O4S. The number of aryl methyl sites for hydroxylation is 1. The van der Waals surface area contributed by atoms with Gasteiger partial charge in [0.2, 0.25) is 10.0 Å². The number of nitrogens with zero attached hydrogens (tertiary/aromatic N) is 2. The van der Waals surface area contributed by atoms with Gasteiger partial charge in [-0.1, -0.05) is 35.9 Å². The van der Waals surface area contributed by atoms with Crippen molar-refractivity contribution < 1.29 is 17.9 Å². The highest BCUT2D eigenvalue weighted by molar-refractivity contribution is 7.89. The van der Waals surface area contributed by atoms with Crippen LogP contribution in [-0.4, -0.2) is 69.1 Å². The van der Waals surface area contributed by atoms with E-state index in [1.54, 1.807) is 24.1 Å². The Morgan fingerprint density at radius 1 is 1.10 bits per heavy atom. The van der Waals surface area contributed by atoms with Crippen LogP contribution in [0.4, 0.5) is 0 Å². The molecule has 2 aromatic carbocycles. The van der Waals surface area contributed by atoms with Gasteiger partial charge < -0.3 is 15.0 Å². The molecule has 0 radical (unpaired) electrons. The second-order valence-corrected chi connectivity index (χ2v) is 9.46. The van der Waals surface area contributed by atoms with Crippen LogP contribution >= 0.6 is 0 Å². The Morgan fingerprint density at radius 3 is 2.43 bits per heavy atom. The van der Waals surface area contributed by atoms with E-state index in [9.17, 15) is 13.2 Å². The van der Waals surface area contributed by atoms with E-state index in [1.807, 2.05) is 43.3 Å². The van der Waals surface area contributed by atoms with E-state index >= 15 is 0 Å². The zero-order valence-corrected chi connectivity index (χ0v) is 18.3. The van der Waals surface area contributed by atoms with Gasteiger partial charge in [-0.2, -0.15) is 4.31 Å². The Labute approximate surface area is 178 Å². The molecule has 162 valence electrons. The van der Waals surface area contributed by atoms with Crippen molar-refractivity contribution in [3.05, 3.63) is 65.2 Å². The summed E-state index contributed by atoms with van der Waals surface area (Å²) in [5.74, 6) is 0.361. The third kappa shape index (κ3) is 5.59. The van der Waals surface area contributed by atoms with Gasteiger partial charge in [0, 0.05) is 50.4 Å². The predicted octanol–water partition coefficient (Wildman–Crippen LogP) is 1.88. The molecule has 1 amide bonds. The highest BCUT2D eigenvalue weighted by Gasteiger charge is 2.26. The molecule has 1 saturated heterocycles. The lowest BCUT2D eigenvalue weighted by atomic mass is 10.1. The first-order valence-corrected chi connectivity index (χ1v) is 11.7. The lowest BCUT2D eigenvalue weighted by molar-refractivity contribution is 0.0752. The number of para-hydroxylation sites is 1. The lowest BCUT2D eigenvalue weighted by Gasteiger charge is -2.29. The van der Waals surface area contributed by atoms with E-state index < -0.39 is 10.0 Å². The van der Waals surface area contributed by atoms with Crippen molar-refractivity contribution in [2.45, 2.75) is 13.5 Å². The van der Waals surface area contributed by atoms with Gasteiger partial charge >= 0.3 is 0 Å². The van der Waals surface area contributed by atoms with Crippen molar-refractivity contribution in [3.8, 4) is 5.75 Å². The van der Waals surface area contributed by atoms with Gasteiger partial charge in [0.1, 0.15) is 5.75 Å². The molecule has 8 heteroatoms. The molecular weight excluding hydrogens is 402 g/mol. The van der Waals surface area contributed by atoms with E-state index in [1.165, 1.54) is 4.31 Å². The Hall–Kier alpha value is -2.42. The molecule has 30 heavy (non-hydrogen) atoms. The molecule has 1 heterocycles. The normalized spacial score (nSPS) is 15.0. The number of amides is 1. The Morgan fingerprint density at radius 2 is 1.77 bits per heavy atom. The molecule has 1 aliphatic rings. The molecule has 0 bridgehead atoms. The Bertz CT molecular complexity index is 955. The smallest absolute Gasteiger partial charge is 0.254 e. The fraction of sp³-hybridized carbons (Fsp3) is 0.409. The number of benzene rings is 2. The van der Waals surface area contributed by atoms with Crippen molar-refractivity contribution in [1.82, 2.24) is 14.5 Å². The van der Waals surface area contributed by atoms with Gasteiger partial charge in [0.15, 0.2) is 0 Å². The second-order valence-electron chi connectivity index (χ2n) is 7.37.